The zero-order chi connectivity index (χ0) is 14.7. The molecule has 0 bridgehead atoms. The molecule has 1 aromatic carbocycles. The van der Waals surface area contributed by atoms with Crippen molar-refractivity contribution in [2.75, 3.05) is 10.6 Å². The number of thiophene rings is 1. The minimum absolute atomic E-state index is 0.0679. The molecule has 21 heavy (non-hydrogen) atoms. The maximum absolute atomic E-state index is 11.0. The molecule has 2 N–H and O–H groups in total. The van der Waals surface area contributed by atoms with E-state index in [0.29, 0.717) is 6.54 Å². The van der Waals surface area contributed by atoms with Crippen molar-refractivity contribution in [1.82, 2.24) is 9.97 Å². The Morgan fingerprint density at radius 1 is 1.19 bits per heavy atom. The molecule has 0 unspecified atom stereocenters. The van der Waals surface area contributed by atoms with E-state index in [9.17, 15) is 4.79 Å². The second-order valence-corrected chi connectivity index (χ2v) is 5.49. The van der Waals surface area contributed by atoms with Gasteiger partial charge in [-0.25, -0.2) is 9.97 Å². The Morgan fingerprint density at radius 3 is 2.76 bits per heavy atom. The molecule has 0 spiro atoms. The molecule has 0 aliphatic rings. The van der Waals surface area contributed by atoms with Gasteiger partial charge in [-0.1, -0.05) is 12.1 Å². The van der Waals surface area contributed by atoms with Crippen LogP contribution in [0.4, 0.5) is 11.5 Å². The Balaban J connectivity index is 1.70. The van der Waals surface area contributed by atoms with E-state index in [0.717, 1.165) is 27.3 Å². The molecule has 6 heteroatoms. The molecule has 0 radical (unpaired) electrons. The van der Waals surface area contributed by atoms with Crippen LogP contribution in [0.5, 0.6) is 0 Å². The maximum Gasteiger partial charge on any atom is 0.221 e. The Labute approximate surface area is 126 Å². The Kier molecular flexibility index (Phi) is 3.79. The van der Waals surface area contributed by atoms with Crippen LogP contribution in [0.2, 0.25) is 0 Å². The van der Waals surface area contributed by atoms with Crippen LogP contribution in [0.1, 0.15) is 12.5 Å². The van der Waals surface area contributed by atoms with Crippen molar-refractivity contribution in [2.45, 2.75) is 13.5 Å². The third-order valence-electron chi connectivity index (χ3n) is 3.00. The van der Waals surface area contributed by atoms with Gasteiger partial charge in [-0.3, -0.25) is 4.79 Å². The SMILES string of the molecule is CC(=O)Nc1ccc(CNc2ncnc3sccc23)cc1. The van der Waals surface area contributed by atoms with E-state index in [1.165, 1.54) is 6.92 Å². The van der Waals surface area contributed by atoms with E-state index in [1.807, 2.05) is 35.7 Å². The number of anilines is 2. The number of benzene rings is 1. The van der Waals surface area contributed by atoms with Crippen molar-refractivity contribution in [3.8, 4) is 0 Å². The normalized spacial score (nSPS) is 10.5. The summed E-state index contributed by atoms with van der Waals surface area (Å²) in [6.45, 7) is 2.17. The smallest absolute Gasteiger partial charge is 0.221 e. The van der Waals surface area contributed by atoms with Crippen LogP contribution in [-0.4, -0.2) is 15.9 Å². The number of rotatable bonds is 4. The molecule has 0 saturated carbocycles. The highest BCUT2D eigenvalue weighted by molar-refractivity contribution is 7.16. The van der Waals surface area contributed by atoms with Crippen molar-refractivity contribution in [3.63, 3.8) is 0 Å². The van der Waals surface area contributed by atoms with Gasteiger partial charge in [0.2, 0.25) is 5.91 Å². The summed E-state index contributed by atoms with van der Waals surface area (Å²) in [5.41, 5.74) is 1.92. The molecule has 0 aliphatic heterocycles. The van der Waals surface area contributed by atoms with Crippen molar-refractivity contribution in [2.24, 2.45) is 0 Å². The van der Waals surface area contributed by atoms with Gasteiger partial charge in [0.1, 0.15) is 17.0 Å². The fourth-order valence-electron chi connectivity index (χ4n) is 2.03. The van der Waals surface area contributed by atoms with Crippen molar-refractivity contribution in [1.29, 1.82) is 0 Å². The number of aromatic nitrogens is 2. The lowest BCUT2D eigenvalue weighted by Crippen LogP contribution is -2.06. The van der Waals surface area contributed by atoms with Gasteiger partial charge in [0.15, 0.2) is 0 Å². The van der Waals surface area contributed by atoms with E-state index >= 15 is 0 Å². The predicted octanol–water partition coefficient (Wildman–Crippen LogP) is 3.26. The molecule has 3 aromatic rings. The first kappa shape index (κ1) is 13.5. The minimum Gasteiger partial charge on any atom is -0.365 e. The third-order valence-corrected chi connectivity index (χ3v) is 3.82. The molecular formula is C15H14N4OS. The second kappa shape index (κ2) is 5.88. The number of fused-ring (bicyclic) bond motifs is 1. The van der Waals surface area contributed by atoms with E-state index in [-0.39, 0.29) is 5.91 Å². The highest BCUT2D eigenvalue weighted by Crippen LogP contribution is 2.24. The molecule has 0 saturated heterocycles. The maximum atomic E-state index is 11.0. The Bertz CT molecular complexity index is 767. The Morgan fingerprint density at radius 2 is 2.00 bits per heavy atom. The number of nitrogens with one attached hydrogen (secondary N) is 2. The largest absolute Gasteiger partial charge is 0.365 e. The lowest BCUT2D eigenvalue weighted by atomic mass is 10.2. The molecule has 3 rings (SSSR count). The van der Waals surface area contributed by atoms with Gasteiger partial charge in [0.25, 0.3) is 0 Å². The summed E-state index contributed by atoms with van der Waals surface area (Å²) in [6, 6.07) is 9.74. The summed E-state index contributed by atoms with van der Waals surface area (Å²) in [5.74, 6) is 0.772. The number of amides is 1. The lowest BCUT2D eigenvalue weighted by Gasteiger charge is -2.07. The highest BCUT2D eigenvalue weighted by Gasteiger charge is 2.04. The lowest BCUT2D eigenvalue weighted by molar-refractivity contribution is -0.114. The van der Waals surface area contributed by atoms with Crippen LogP contribution in [0.25, 0.3) is 10.2 Å². The van der Waals surface area contributed by atoms with E-state index in [1.54, 1.807) is 17.7 Å². The topological polar surface area (TPSA) is 66.9 Å². The molecule has 2 heterocycles. The highest BCUT2D eigenvalue weighted by atomic mass is 32.1. The van der Waals surface area contributed by atoms with Crippen LogP contribution in [-0.2, 0) is 11.3 Å². The number of carbonyl (C=O) groups excluding carboxylic acids is 1. The summed E-state index contributed by atoms with van der Waals surface area (Å²) < 4.78 is 0. The standard InChI is InChI=1S/C15H14N4OS/c1-10(20)19-12-4-2-11(3-5-12)8-16-14-13-6-7-21-15(13)18-9-17-14/h2-7,9H,8H2,1H3,(H,19,20)(H,16,17,18). The molecule has 2 aromatic heterocycles. The predicted molar refractivity (Wildman–Crippen MR) is 85.5 cm³/mol. The molecule has 0 aliphatic carbocycles. The third kappa shape index (κ3) is 3.17. The summed E-state index contributed by atoms with van der Waals surface area (Å²) in [4.78, 5) is 20.5. The van der Waals surface area contributed by atoms with Gasteiger partial charge in [-0.05, 0) is 29.1 Å². The van der Waals surface area contributed by atoms with Crippen molar-refractivity contribution >= 4 is 39.0 Å². The molecule has 0 atom stereocenters. The quantitative estimate of drug-likeness (QED) is 0.776. The first-order chi connectivity index (χ1) is 10.2. The number of carbonyl (C=O) groups is 1. The average Bonchev–Trinajstić information content (AvgIpc) is 2.95. The van der Waals surface area contributed by atoms with Gasteiger partial charge < -0.3 is 10.6 Å². The second-order valence-electron chi connectivity index (χ2n) is 4.59. The fraction of sp³-hybridized carbons (Fsp3) is 0.133. The van der Waals surface area contributed by atoms with Gasteiger partial charge in [-0.2, -0.15) is 0 Å². The van der Waals surface area contributed by atoms with Crippen LogP contribution < -0.4 is 10.6 Å². The zero-order valence-electron chi connectivity index (χ0n) is 11.5. The van der Waals surface area contributed by atoms with Crippen LogP contribution in [0, 0.1) is 0 Å². The monoisotopic (exact) mass is 298 g/mol. The van der Waals surface area contributed by atoms with Crippen molar-refractivity contribution < 1.29 is 4.79 Å². The first-order valence-corrected chi connectivity index (χ1v) is 7.39. The van der Waals surface area contributed by atoms with Crippen LogP contribution >= 0.6 is 11.3 Å². The summed E-state index contributed by atoms with van der Waals surface area (Å²) >= 11 is 1.60. The number of hydrogen-bond donors (Lipinski definition) is 2. The van der Waals surface area contributed by atoms with Gasteiger partial charge >= 0.3 is 0 Å². The van der Waals surface area contributed by atoms with Crippen molar-refractivity contribution in [3.05, 3.63) is 47.6 Å². The average molecular weight is 298 g/mol. The summed E-state index contributed by atoms with van der Waals surface area (Å²) in [7, 11) is 0. The zero-order valence-corrected chi connectivity index (χ0v) is 12.3. The van der Waals surface area contributed by atoms with Crippen LogP contribution in [0.3, 0.4) is 0 Å². The van der Waals surface area contributed by atoms with E-state index in [2.05, 4.69) is 20.6 Å². The molecule has 0 fully saturated rings. The summed E-state index contributed by atoms with van der Waals surface area (Å²) in [5, 5.41) is 9.11. The Hall–Kier alpha value is -2.47. The molecular weight excluding hydrogens is 284 g/mol. The van der Waals surface area contributed by atoms with Gasteiger partial charge in [0.05, 0.1) is 5.39 Å². The number of hydrogen-bond acceptors (Lipinski definition) is 5. The molecule has 5 nitrogen and oxygen atoms in total. The minimum atomic E-state index is -0.0679. The fourth-order valence-corrected chi connectivity index (χ4v) is 2.76. The molecule has 1 amide bonds. The van der Waals surface area contributed by atoms with E-state index < -0.39 is 0 Å². The van der Waals surface area contributed by atoms with E-state index in [4.69, 9.17) is 0 Å². The molecule has 106 valence electrons. The number of nitrogens with zero attached hydrogens (tertiary/aromatic N) is 2. The van der Waals surface area contributed by atoms with Crippen LogP contribution in [0.15, 0.2) is 42.0 Å². The van der Waals surface area contributed by atoms with Gasteiger partial charge in [0, 0.05) is 19.2 Å². The summed E-state index contributed by atoms with van der Waals surface area (Å²) in [6.07, 6.45) is 1.57. The van der Waals surface area contributed by atoms with Gasteiger partial charge in [-0.15, -0.1) is 11.3 Å². The first-order valence-electron chi connectivity index (χ1n) is 6.51.